The van der Waals surface area contributed by atoms with E-state index in [1.54, 1.807) is 38.2 Å². The highest BCUT2D eigenvalue weighted by atomic mass is 19.3. The maximum atomic E-state index is 12.3. The number of hydrogen-bond donors (Lipinski definition) is 1. The van der Waals surface area contributed by atoms with E-state index < -0.39 is 12.2 Å². The van der Waals surface area contributed by atoms with E-state index in [-0.39, 0.29) is 12.3 Å². The molecule has 1 aromatic heterocycles. The first-order valence-corrected chi connectivity index (χ1v) is 6.02. The van der Waals surface area contributed by atoms with Gasteiger partial charge in [-0.15, -0.1) is 5.10 Å². The van der Waals surface area contributed by atoms with Gasteiger partial charge in [0, 0.05) is 5.56 Å². The lowest BCUT2D eigenvalue weighted by Crippen LogP contribution is -2.15. The van der Waals surface area contributed by atoms with E-state index in [0.29, 0.717) is 11.3 Å². The van der Waals surface area contributed by atoms with Crippen LogP contribution in [0.5, 0.6) is 5.75 Å². The van der Waals surface area contributed by atoms with E-state index >= 15 is 0 Å². The first-order chi connectivity index (χ1) is 9.36. The Hall–Kier alpha value is -2.02. The Kier molecular flexibility index (Phi) is 3.99. The largest absolute Gasteiger partial charge is 0.434 e. The number of aliphatic hydroxyl groups is 1. The fourth-order valence-corrected chi connectivity index (χ4v) is 1.68. The lowest BCUT2D eigenvalue weighted by molar-refractivity contribution is -0.0505. The number of nitrogens with zero attached hydrogens (tertiary/aromatic N) is 3. The van der Waals surface area contributed by atoms with Gasteiger partial charge in [0.1, 0.15) is 17.0 Å². The minimum Gasteiger partial charge on any atom is -0.434 e. The van der Waals surface area contributed by atoms with Crippen LogP contribution in [0.1, 0.15) is 25.1 Å². The smallest absolute Gasteiger partial charge is 0.387 e. The molecule has 0 radical (unpaired) electrons. The topological polar surface area (TPSA) is 60.2 Å². The molecule has 108 valence electrons. The first kappa shape index (κ1) is 14.4. The van der Waals surface area contributed by atoms with Crippen molar-refractivity contribution < 1.29 is 18.6 Å². The third-order valence-corrected chi connectivity index (χ3v) is 2.69. The van der Waals surface area contributed by atoms with Crippen molar-refractivity contribution in [1.29, 1.82) is 0 Å². The molecule has 0 bridgehead atoms. The summed E-state index contributed by atoms with van der Waals surface area (Å²) in [5.74, 6) is 0.0998. The van der Waals surface area contributed by atoms with Crippen molar-refractivity contribution in [3.8, 4) is 5.75 Å². The Labute approximate surface area is 114 Å². The van der Waals surface area contributed by atoms with Gasteiger partial charge < -0.3 is 9.84 Å². The van der Waals surface area contributed by atoms with Crippen LogP contribution in [0.25, 0.3) is 0 Å². The second-order valence-corrected chi connectivity index (χ2v) is 4.85. The molecule has 0 spiro atoms. The van der Waals surface area contributed by atoms with Crippen molar-refractivity contribution in [2.24, 2.45) is 0 Å². The number of ether oxygens (including phenoxy) is 1. The van der Waals surface area contributed by atoms with Gasteiger partial charge >= 0.3 is 6.61 Å². The summed E-state index contributed by atoms with van der Waals surface area (Å²) >= 11 is 0. The molecular weight excluding hydrogens is 268 g/mol. The molecular formula is C13H15F2N3O2. The number of aromatic nitrogens is 3. The van der Waals surface area contributed by atoms with E-state index in [9.17, 15) is 13.9 Å². The zero-order valence-electron chi connectivity index (χ0n) is 11.1. The number of benzene rings is 1. The van der Waals surface area contributed by atoms with Crippen LogP contribution < -0.4 is 4.74 Å². The van der Waals surface area contributed by atoms with Crippen molar-refractivity contribution in [1.82, 2.24) is 15.0 Å². The summed E-state index contributed by atoms with van der Waals surface area (Å²) in [6.45, 7) is 0.537. The standard InChI is InChI=1S/C13H15F2N3O2/c1-13(2,19)11-8-18(17-16-11)7-9-5-3-4-6-10(9)20-12(14)15/h3-6,8,12,19H,7H2,1-2H3. The molecule has 0 aliphatic heterocycles. The van der Waals surface area contributed by atoms with Crippen LogP contribution in [-0.2, 0) is 12.1 Å². The van der Waals surface area contributed by atoms with Crippen LogP contribution in [0.4, 0.5) is 8.78 Å². The lowest BCUT2D eigenvalue weighted by Gasteiger charge is -2.12. The highest BCUT2D eigenvalue weighted by molar-refractivity contribution is 5.33. The van der Waals surface area contributed by atoms with Crippen LogP contribution in [0, 0.1) is 0 Å². The van der Waals surface area contributed by atoms with Gasteiger partial charge in [0.2, 0.25) is 0 Å². The average molecular weight is 283 g/mol. The summed E-state index contributed by atoms with van der Waals surface area (Å²) in [5.41, 5.74) is -0.137. The third-order valence-electron chi connectivity index (χ3n) is 2.69. The molecule has 2 aromatic rings. The van der Waals surface area contributed by atoms with Gasteiger partial charge in [-0.05, 0) is 19.9 Å². The second-order valence-electron chi connectivity index (χ2n) is 4.85. The summed E-state index contributed by atoms with van der Waals surface area (Å²) in [5, 5.41) is 17.5. The van der Waals surface area contributed by atoms with Crippen LogP contribution >= 0.6 is 0 Å². The lowest BCUT2D eigenvalue weighted by atomic mass is 10.1. The van der Waals surface area contributed by atoms with Gasteiger partial charge in [-0.3, -0.25) is 0 Å². The Morgan fingerprint density at radius 1 is 1.35 bits per heavy atom. The van der Waals surface area contributed by atoms with Crippen LogP contribution in [0.2, 0.25) is 0 Å². The molecule has 0 aliphatic carbocycles. The minimum atomic E-state index is -2.88. The van der Waals surface area contributed by atoms with E-state index in [2.05, 4.69) is 15.0 Å². The molecule has 1 heterocycles. The summed E-state index contributed by atoms with van der Waals surface area (Å²) in [6.07, 6.45) is 1.57. The van der Waals surface area contributed by atoms with Gasteiger partial charge in [-0.1, -0.05) is 23.4 Å². The number of hydrogen-bond acceptors (Lipinski definition) is 4. The summed E-state index contributed by atoms with van der Waals surface area (Å²) in [7, 11) is 0. The van der Waals surface area contributed by atoms with Crippen molar-refractivity contribution in [3.63, 3.8) is 0 Å². The fourth-order valence-electron chi connectivity index (χ4n) is 1.68. The normalized spacial score (nSPS) is 11.9. The Morgan fingerprint density at radius 2 is 2.05 bits per heavy atom. The van der Waals surface area contributed by atoms with E-state index in [1.807, 2.05) is 0 Å². The molecule has 0 atom stereocenters. The predicted molar refractivity (Wildman–Crippen MR) is 67.4 cm³/mol. The molecule has 0 saturated carbocycles. The average Bonchev–Trinajstić information content (AvgIpc) is 2.79. The Bertz CT molecular complexity index is 579. The molecule has 5 nitrogen and oxygen atoms in total. The van der Waals surface area contributed by atoms with Gasteiger partial charge in [0.25, 0.3) is 0 Å². The number of rotatable bonds is 5. The molecule has 2 rings (SSSR count). The zero-order valence-corrected chi connectivity index (χ0v) is 11.1. The van der Waals surface area contributed by atoms with Crippen molar-refractivity contribution in [2.45, 2.75) is 32.6 Å². The van der Waals surface area contributed by atoms with Crippen molar-refractivity contribution >= 4 is 0 Å². The molecule has 0 amide bonds. The zero-order chi connectivity index (χ0) is 14.8. The number of para-hydroxylation sites is 1. The van der Waals surface area contributed by atoms with Crippen molar-refractivity contribution in [2.75, 3.05) is 0 Å². The van der Waals surface area contributed by atoms with E-state index in [1.165, 1.54) is 10.7 Å². The monoisotopic (exact) mass is 283 g/mol. The first-order valence-electron chi connectivity index (χ1n) is 6.02. The summed E-state index contributed by atoms with van der Waals surface area (Å²) < 4.78 is 30.5. The SMILES string of the molecule is CC(C)(O)c1cn(Cc2ccccc2OC(F)F)nn1. The maximum Gasteiger partial charge on any atom is 0.387 e. The van der Waals surface area contributed by atoms with Crippen LogP contribution in [-0.4, -0.2) is 26.7 Å². The maximum absolute atomic E-state index is 12.3. The summed E-state index contributed by atoms with van der Waals surface area (Å²) in [4.78, 5) is 0. The third kappa shape index (κ3) is 3.51. The van der Waals surface area contributed by atoms with Crippen molar-refractivity contribution in [3.05, 3.63) is 41.7 Å². The second kappa shape index (κ2) is 5.54. The van der Waals surface area contributed by atoms with Gasteiger partial charge in [0.15, 0.2) is 0 Å². The number of halogens is 2. The highest BCUT2D eigenvalue weighted by Crippen LogP contribution is 2.22. The van der Waals surface area contributed by atoms with Crippen LogP contribution in [0.15, 0.2) is 30.5 Å². The molecule has 1 aromatic carbocycles. The van der Waals surface area contributed by atoms with Gasteiger partial charge in [0.05, 0.1) is 12.7 Å². The van der Waals surface area contributed by atoms with E-state index in [4.69, 9.17) is 0 Å². The predicted octanol–water partition coefficient (Wildman–Crippen LogP) is 2.16. The Balaban J connectivity index is 2.20. The quantitative estimate of drug-likeness (QED) is 0.913. The molecule has 1 N–H and O–H groups in total. The minimum absolute atomic E-state index is 0.0998. The molecule has 0 unspecified atom stereocenters. The highest BCUT2D eigenvalue weighted by Gasteiger charge is 2.20. The molecule has 0 fully saturated rings. The summed E-state index contributed by atoms with van der Waals surface area (Å²) in [6, 6.07) is 6.48. The molecule has 7 heteroatoms. The molecule has 0 saturated heterocycles. The number of alkyl halides is 2. The van der Waals surface area contributed by atoms with Crippen LogP contribution in [0.3, 0.4) is 0 Å². The van der Waals surface area contributed by atoms with E-state index in [0.717, 1.165) is 0 Å². The molecule has 0 aliphatic rings. The Morgan fingerprint density at radius 3 is 2.65 bits per heavy atom. The molecule has 20 heavy (non-hydrogen) atoms. The van der Waals surface area contributed by atoms with Gasteiger partial charge in [-0.2, -0.15) is 8.78 Å². The fraction of sp³-hybridized carbons (Fsp3) is 0.385. The van der Waals surface area contributed by atoms with Gasteiger partial charge in [-0.25, -0.2) is 4.68 Å².